The van der Waals surface area contributed by atoms with Gasteiger partial charge >= 0.3 is 6.03 Å². The molecule has 1 aliphatic heterocycles. The van der Waals surface area contributed by atoms with Gasteiger partial charge in [-0.2, -0.15) is 0 Å². The molecule has 1 fully saturated rings. The van der Waals surface area contributed by atoms with Crippen molar-refractivity contribution in [3.63, 3.8) is 0 Å². The van der Waals surface area contributed by atoms with Crippen LogP contribution >= 0.6 is 15.9 Å². The topological polar surface area (TPSA) is 162 Å². The molecule has 0 spiro atoms. The van der Waals surface area contributed by atoms with Crippen LogP contribution in [0.25, 0.3) is 6.08 Å². The molecule has 4 rings (SSSR count). The number of non-ortho nitro benzene ring substituents is 2. The van der Waals surface area contributed by atoms with E-state index in [4.69, 9.17) is 4.74 Å². The molecule has 0 unspecified atom stereocenters. The Morgan fingerprint density at radius 2 is 1.59 bits per heavy atom. The predicted molar refractivity (Wildman–Crippen MR) is 134 cm³/mol. The van der Waals surface area contributed by atoms with Crippen LogP contribution in [0.5, 0.6) is 5.75 Å². The van der Waals surface area contributed by atoms with E-state index in [1.807, 2.05) is 0 Å². The highest BCUT2D eigenvalue weighted by atomic mass is 79.9. The van der Waals surface area contributed by atoms with Crippen molar-refractivity contribution in [3.05, 3.63) is 108 Å². The molecule has 186 valence electrons. The van der Waals surface area contributed by atoms with Crippen molar-refractivity contribution in [3.8, 4) is 5.75 Å². The van der Waals surface area contributed by atoms with Gasteiger partial charge < -0.3 is 4.74 Å². The Morgan fingerprint density at radius 1 is 0.919 bits per heavy atom. The second kappa shape index (κ2) is 10.4. The number of rotatable bonds is 7. The van der Waals surface area contributed by atoms with Crippen LogP contribution in [0.15, 0.2) is 76.8 Å². The molecule has 4 amide bonds. The number of hydrogen-bond donors (Lipinski definition) is 1. The summed E-state index contributed by atoms with van der Waals surface area (Å²) in [4.78, 5) is 59.8. The number of benzene rings is 3. The zero-order chi connectivity index (χ0) is 26.7. The molecular formula is C24H15BrN4O8. The molecule has 1 saturated heterocycles. The maximum Gasteiger partial charge on any atom is 0.335 e. The zero-order valence-electron chi connectivity index (χ0n) is 18.6. The minimum absolute atomic E-state index is 0.0437. The van der Waals surface area contributed by atoms with Crippen LogP contribution in [0.1, 0.15) is 11.1 Å². The molecule has 0 bridgehead atoms. The zero-order valence-corrected chi connectivity index (χ0v) is 20.2. The van der Waals surface area contributed by atoms with E-state index in [1.165, 1.54) is 42.5 Å². The van der Waals surface area contributed by atoms with E-state index in [1.54, 1.807) is 24.3 Å². The Hall–Kier alpha value is -4.91. The van der Waals surface area contributed by atoms with Gasteiger partial charge in [-0.05, 0) is 35.9 Å². The lowest BCUT2D eigenvalue weighted by Crippen LogP contribution is -2.54. The minimum Gasteiger partial charge on any atom is -0.488 e. The minimum atomic E-state index is -1.05. The lowest BCUT2D eigenvalue weighted by atomic mass is 10.1. The monoisotopic (exact) mass is 566 g/mol. The Bertz CT molecular complexity index is 1500. The van der Waals surface area contributed by atoms with Crippen LogP contribution in [-0.2, 0) is 16.2 Å². The van der Waals surface area contributed by atoms with Crippen LogP contribution in [-0.4, -0.2) is 27.7 Å². The van der Waals surface area contributed by atoms with E-state index in [9.17, 15) is 34.6 Å². The highest BCUT2D eigenvalue weighted by Crippen LogP contribution is 2.30. The third kappa shape index (κ3) is 5.51. The highest BCUT2D eigenvalue weighted by molar-refractivity contribution is 9.10. The van der Waals surface area contributed by atoms with Crippen molar-refractivity contribution < 1.29 is 29.0 Å². The van der Waals surface area contributed by atoms with E-state index in [2.05, 4.69) is 21.2 Å². The standard InChI is InChI=1S/C24H15BrN4O8/c25-16-7-8-21(37-13-14-3-1-5-18(9-14)28(33)34)15(10-16)11-20-22(30)26-24(32)27(23(20)31)17-4-2-6-19(12-17)29(35)36/h1-12H,13H2,(H,26,30,32)/b20-11+. The van der Waals surface area contributed by atoms with Crippen molar-refractivity contribution in [1.82, 2.24) is 5.32 Å². The van der Waals surface area contributed by atoms with Crippen LogP contribution in [0.4, 0.5) is 21.9 Å². The van der Waals surface area contributed by atoms with Gasteiger partial charge in [-0.3, -0.25) is 35.1 Å². The number of carbonyl (C=O) groups is 3. The number of urea groups is 1. The molecule has 3 aromatic carbocycles. The van der Waals surface area contributed by atoms with Gasteiger partial charge in [0.05, 0.1) is 15.5 Å². The van der Waals surface area contributed by atoms with Crippen molar-refractivity contribution >= 4 is 56.9 Å². The van der Waals surface area contributed by atoms with E-state index < -0.39 is 33.3 Å². The third-order valence-corrected chi connectivity index (χ3v) is 5.68. The van der Waals surface area contributed by atoms with Crippen molar-refractivity contribution in [2.24, 2.45) is 0 Å². The first kappa shape index (κ1) is 25.2. The molecule has 0 aromatic heterocycles. The Balaban J connectivity index is 1.67. The third-order valence-electron chi connectivity index (χ3n) is 5.19. The van der Waals surface area contributed by atoms with Crippen molar-refractivity contribution in [2.45, 2.75) is 6.61 Å². The Kier molecular flexibility index (Phi) is 7.06. The van der Waals surface area contributed by atoms with Crippen molar-refractivity contribution in [1.29, 1.82) is 0 Å². The SMILES string of the molecule is O=C1NC(=O)N(c2cccc([N+](=O)[O-])c2)C(=O)/C1=C/c1cc(Br)ccc1OCc1cccc([N+](=O)[O-])c1. The largest absolute Gasteiger partial charge is 0.488 e. The Labute approximate surface area is 216 Å². The first-order valence-corrected chi connectivity index (χ1v) is 11.2. The fourth-order valence-electron chi connectivity index (χ4n) is 3.48. The van der Waals surface area contributed by atoms with Gasteiger partial charge in [0, 0.05) is 34.3 Å². The summed E-state index contributed by atoms with van der Waals surface area (Å²) in [6, 6.07) is 14.5. The number of barbiturate groups is 1. The number of nitrogens with zero attached hydrogens (tertiary/aromatic N) is 3. The van der Waals surface area contributed by atoms with Crippen LogP contribution in [0, 0.1) is 20.2 Å². The lowest BCUT2D eigenvalue weighted by Gasteiger charge is -2.26. The van der Waals surface area contributed by atoms with Gasteiger partial charge in [0.25, 0.3) is 23.2 Å². The maximum absolute atomic E-state index is 13.2. The summed E-state index contributed by atoms with van der Waals surface area (Å²) < 4.78 is 6.41. The molecule has 3 aromatic rings. The summed E-state index contributed by atoms with van der Waals surface area (Å²) >= 11 is 3.32. The molecule has 0 atom stereocenters. The van der Waals surface area contributed by atoms with Crippen LogP contribution in [0.3, 0.4) is 0 Å². The fourth-order valence-corrected chi connectivity index (χ4v) is 3.86. The van der Waals surface area contributed by atoms with E-state index >= 15 is 0 Å². The number of nitrogens with one attached hydrogen (secondary N) is 1. The van der Waals surface area contributed by atoms with Gasteiger partial charge in [0.1, 0.15) is 17.9 Å². The summed E-state index contributed by atoms with van der Waals surface area (Å²) in [6.45, 7) is -0.0437. The fraction of sp³-hybridized carbons (Fsp3) is 0.0417. The van der Waals surface area contributed by atoms with E-state index in [0.717, 1.165) is 6.07 Å². The van der Waals surface area contributed by atoms with E-state index in [0.29, 0.717) is 20.5 Å². The van der Waals surface area contributed by atoms with Gasteiger partial charge in [0.15, 0.2) is 0 Å². The smallest absolute Gasteiger partial charge is 0.335 e. The summed E-state index contributed by atoms with van der Waals surface area (Å²) in [5.74, 6) is -1.69. The molecule has 0 saturated carbocycles. The lowest BCUT2D eigenvalue weighted by molar-refractivity contribution is -0.385. The van der Waals surface area contributed by atoms with Crippen LogP contribution < -0.4 is 15.0 Å². The second-order valence-corrected chi connectivity index (χ2v) is 8.55. The van der Waals surface area contributed by atoms with Gasteiger partial charge in [0.2, 0.25) is 0 Å². The second-order valence-electron chi connectivity index (χ2n) is 7.63. The molecule has 37 heavy (non-hydrogen) atoms. The molecule has 0 radical (unpaired) electrons. The van der Waals surface area contributed by atoms with Crippen molar-refractivity contribution in [2.75, 3.05) is 4.90 Å². The van der Waals surface area contributed by atoms with Gasteiger partial charge in [-0.25, -0.2) is 9.69 Å². The summed E-state index contributed by atoms with van der Waals surface area (Å²) in [6.07, 6.45) is 1.22. The molecular weight excluding hydrogens is 552 g/mol. The number of ether oxygens (including phenoxy) is 1. The summed E-state index contributed by atoms with van der Waals surface area (Å²) in [7, 11) is 0. The number of nitro benzene ring substituents is 2. The average molecular weight is 567 g/mol. The maximum atomic E-state index is 13.2. The van der Waals surface area contributed by atoms with Gasteiger partial charge in [-0.1, -0.05) is 34.1 Å². The number of nitro groups is 2. The summed E-state index contributed by atoms with van der Waals surface area (Å²) in [5, 5.41) is 24.2. The first-order chi connectivity index (χ1) is 17.6. The number of anilines is 1. The predicted octanol–water partition coefficient (Wildman–Crippen LogP) is 4.51. The average Bonchev–Trinajstić information content (AvgIpc) is 2.86. The highest BCUT2D eigenvalue weighted by Gasteiger charge is 2.37. The molecule has 13 heteroatoms. The molecule has 1 heterocycles. The summed E-state index contributed by atoms with van der Waals surface area (Å²) in [5.41, 5.74) is -0.133. The Morgan fingerprint density at radius 3 is 2.30 bits per heavy atom. The molecule has 0 aliphatic carbocycles. The number of hydrogen-bond acceptors (Lipinski definition) is 8. The number of halogens is 1. The number of amides is 4. The van der Waals surface area contributed by atoms with Crippen LogP contribution in [0.2, 0.25) is 0 Å². The number of carbonyl (C=O) groups excluding carboxylic acids is 3. The first-order valence-electron chi connectivity index (χ1n) is 10.5. The van der Waals surface area contributed by atoms with Gasteiger partial charge in [-0.15, -0.1) is 0 Å². The molecule has 1 N–H and O–H groups in total. The number of imide groups is 2. The quantitative estimate of drug-likeness (QED) is 0.189. The molecule has 12 nitrogen and oxygen atoms in total. The molecule has 1 aliphatic rings. The normalized spacial score (nSPS) is 14.5. The van der Waals surface area contributed by atoms with E-state index in [-0.39, 0.29) is 29.4 Å².